The van der Waals surface area contributed by atoms with Crippen LogP contribution in [0.25, 0.3) is 33.4 Å². The van der Waals surface area contributed by atoms with Crippen LogP contribution in [0.5, 0.6) is 0 Å². The zero-order chi connectivity index (χ0) is 28.5. The van der Waals surface area contributed by atoms with E-state index >= 15 is 0 Å². The zero-order valence-corrected chi connectivity index (χ0v) is 20.8. The standard InChI is InChI=1S/C17H18N8O4S2.C2HF3O2/c1-25-9-11-3-2-10(8-13(11)22-25)12-4-5-14(30(26,27)7-6-18)16(31(19,28)29)15(12)17-20-23-24-21-17;3-2(4,5)1(6)7/h2-5,8-9H,6-7,18H2,1H3,(H2,19,28,29)(H,20,21,23,24);(H,6,7). The molecule has 38 heavy (non-hydrogen) atoms. The van der Waals surface area contributed by atoms with Crippen molar-refractivity contribution >= 4 is 36.7 Å². The Labute approximate surface area is 212 Å². The lowest BCUT2D eigenvalue weighted by Crippen LogP contribution is -2.22. The number of carbonyl (C=O) groups is 1. The quantitative estimate of drug-likeness (QED) is 0.246. The van der Waals surface area contributed by atoms with E-state index < -0.39 is 47.5 Å². The molecular weight excluding hydrogens is 557 g/mol. The number of nitrogens with two attached hydrogens (primary N) is 2. The molecule has 0 saturated carbocycles. The average molecular weight is 577 g/mol. The summed E-state index contributed by atoms with van der Waals surface area (Å²) in [5, 5.41) is 31.3. The molecule has 0 bridgehead atoms. The minimum Gasteiger partial charge on any atom is -0.475 e. The van der Waals surface area contributed by atoms with E-state index in [0.717, 1.165) is 5.39 Å². The molecule has 4 rings (SSSR count). The van der Waals surface area contributed by atoms with Crippen LogP contribution in [-0.2, 0) is 31.7 Å². The number of nitrogens with one attached hydrogen (secondary N) is 1. The van der Waals surface area contributed by atoms with E-state index in [1.54, 1.807) is 23.9 Å². The summed E-state index contributed by atoms with van der Waals surface area (Å²) in [5.41, 5.74) is 6.91. The molecule has 19 heteroatoms. The number of H-pyrrole nitrogens is 1. The average Bonchev–Trinajstić information content (AvgIpc) is 3.45. The SMILES string of the molecule is Cn1cc2ccc(-c3ccc(S(=O)(=O)CCN)c(S(N)(=O)=O)c3-c3nn[nH]n3)cc2n1.O=C(O)C(F)(F)F. The minimum absolute atomic E-state index is 0.0790. The summed E-state index contributed by atoms with van der Waals surface area (Å²) < 4.78 is 84.1. The highest BCUT2D eigenvalue weighted by Gasteiger charge is 2.38. The van der Waals surface area contributed by atoms with E-state index in [2.05, 4.69) is 25.7 Å². The van der Waals surface area contributed by atoms with Gasteiger partial charge >= 0.3 is 12.1 Å². The highest BCUT2D eigenvalue weighted by atomic mass is 32.2. The number of alkyl halides is 3. The number of carboxylic acid groups (broad SMARTS) is 1. The Balaban J connectivity index is 0.000000505. The Hall–Kier alpha value is -3.94. The first-order chi connectivity index (χ1) is 17.6. The zero-order valence-electron chi connectivity index (χ0n) is 19.2. The number of aromatic amines is 1. The van der Waals surface area contributed by atoms with Gasteiger partial charge in [-0.3, -0.25) is 4.68 Å². The third-order valence-electron chi connectivity index (χ3n) is 4.87. The second kappa shape index (κ2) is 10.4. The maximum atomic E-state index is 12.8. The summed E-state index contributed by atoms with van der Waals surface area (Å²) in [6.07, 6.45) is -3.25. The first kappa shape index (κ1) is 28.6. The number of hydrogen-bond acceptors (Lipinski definition) is 10. The number of aliphatic carboxylic acids is 1. The number of halogens is 3. The predicted molar refractivity (Wildman–Crippen MR) is 125 cm³/mol. The molecule has 204 valence electrons. The van der Waals surface area contributed by atoms with Crippen molar-refractivity contribution in [1.29, 1.82) is 0 Å². The fourth-order valence-electron chi connectivity index (χ4n) is 3.39. The molecule has 0 atom stereocenters. The molecule has 14 nitrogen and oxygen atoms in total. The normalized spacial score (nSPS) is 12.3. The number of tetrazole rings is 1. The van der Waals surface area contributed by atoms with E-state index in [-0.39, 0.29) is 17.9 Å². The van der Waals surface area contributed by atoms with Gasteiger partial charge in [-0.2, -0.15) is 23.5 Å². The Morgan fingerprint density at radius 3 is 2.34 bits per heavy atom. The van der Waals surface area contributed by atoms with Crippen LogP contribution in [0.4, 0.5) is 13.2 Å². The van der Waals surface area contributed by atoms with Gasteiger partial charge in [0.1, 0.15) is 4.90 Å². The van der Waals surface area contributed by atoms with Crippen molar-refractivity contribution in [2.45, 2.75) is 16.0 Å². The van der Waals surface area contributed by atoms with E-state index in [1.807, 2.05) is 12.3 Å². The summed E-state index contributed by atoms with van der Waals surface area (Å²) >= 11 is 0. The van der Waals surface area contributed by atoms with Gasteiger partial charge in [0.2, 0.25) is 15.8 Å². The molecule has 2 heterocycles. The van der Waals surface area contributed by atoms with E-state index in [1.165, 1.54) is 12.1 Å². The number of sulfonamides is 1. The van der Waals surface area contributed by atoms with Crippen LogP contribution < -0.4 is 10.9 Å². The predicted octanol–water partition coefficient (Wildman–Crippen LogP) is 0.434. The van der Waals surface area contributed by atoms with Crippen molar-refractivity contribution < 1.29 is 39.9 Å². The van der Waals surface area contributed by atoms with Crippen LogP contribution in [0, 0.1) is 0 Å². The van der Waals surface area contributed by atoms with Crippen molar-refractivity contribution in [3.63, 3.8) is 0 Å². The van der Waals surface area contributed by atoms with Crippen LogP contribution >= 0.6 is 0 Å². The molecule has 0 fully saturated rings. The molecule has 2 aromatic carbocycles. The van der Waals surface area contributed by atoms with Crippen LogP contribution in [0.15, 0.2) is 46.3 Å². The van der Waals surface area contributed by atoms with E-state index in [0.29, 0.717) is 16.6 Å². The first-order valence-electron chi connectivity index (χ1n) is 10.2. The molecule has 4 aromatic rings. The van der Waals surface area contributed by atoms with Gasteiger partial charge in [0.25, 0.3) is 0 Å². The smallest absolute Gasteiger partial charge is 0.475 e. The Morgan fingerprint density at radius 2 is 1.82 bits per heavy atom. The van der Waals surface area contributed by atoms with Crippen molar-refractivity contribution in [2.24, 2.45) is 17.9 Å². The van der Waals surface area contributed by atoms with Gasteiger partial charge in [-0.25, -0.2) is 26.8 Å². The second-order valence-electron chi connectivity index (χ2n) is 7.58. The van der Waals surface area contributed by atoms with Gasteiger partial charge in [-0.1, -0.05) is 18.2 Å². The number of fused-ring (bicyclic) bond motifs is 1. The van der Waals surface area contributed by atoms with E-state index in [9.17, 15) is 30.0 Å². The van der Waals surface area contributed by atoms with Crippen LogP contribution in [-0.4, -0.2) is 76.8 Å². The van der Waals surface area contributed by atoms with Crippen molar-refractivity contribution in [3.8, 4) is 22.5 Å². The molecule has 0 saturated heterocycles. The third kappa shape index (κ3) is 6.13. The fraction of sp³-hybridized carbons (Fsp3) is 0.211. The molecule has 0 aliphatic heterocycles. The largest absolute Gasteiger partial charge is 0.490 e. The Morgan fingerprint density at radius 1 is 1.16 bits per heavy atom. The highest BCUT2D eigenvalue weighted by molar-refractivity contribution is 7.93. The van der Waals surface area contributed by atoms with Gasteiger partial charge in [0.05, 0.1) is 21.7 Å². The number of aromatic nitrogens is 6. The summed E-state index contributed by atoms with van der Waals surface area (Å²) in [4.78, 5) is 7.82. The number of benzene rings is 2. The maximum absolute atomic E-state index is 12.8. The van der Waals surface area contributed by atoms with Crippen molar-refractivity contribution in [1.82, 2.24) is 30.4 Å². The molecule has 6 N–H and O–H groups in total. The second-order valence-corrected chi connectivity index (χ2v) is 11.2. The lowest BCUT2D eigenvalue weighted by molar-refractivity contribution is -0.192. The number of rotatable bonds is 6. The summed E-state index contributed by atoms with van der Waals surface area (Å²) in [5.74, 6) is -3.34. The van der Waals surface area contributed by atoms with Gasteiger partial charge in [-0.05, 0) is 28.5 Å². The van der Waals surface area contributed by atoms with Gasteiger partial charge in [0, 0.05) is 25.2 Å². The Bertz CT molecular complexity index is 1700. The number of aryl methyl sites for hydroxylation is 1. The number of primary sulfonamides is 1. The highest BCUT2D eigenvalue weighted by Crippen LogP contribution is 2.39. The molecule has 0 unspecified atom stereocenters. The van der Waals surface area contributed by atoms with Crippen LogP contribution in [0.3, 0.4) is 0 Å². The Kier molecular flexibility index (Phi) is 7.86. The number of hydrogen-bond donors (Lipinski definition) is 4. The molecule has 0 aliphatic rings. The number of carboxylic acids is 1. The van der Waals surface area contributed by atoms with Crippen LogP contribution in [0.2, 0.25) is 0 Å². The summed E-state index contributed by atoms with van der Waals surface area (Å²) in [7, 11) is -6.80. The fourth-order valence-corrected chi connectivity index (χ4v) is 6.15. The summed E-state index contributed by atoms with van der Waals surface area (Å²) in [6.45, 7) is -0.192. The minimum atomic E-state index is -5.08. The van der Waals surface area contributed by atoms with Gasteiger partial charge < -0.3 is 10.8 Å². The van der Waals surface area contributed by atoms with Gasteiger partial charge in [-0.15, -0.1) is 10.2 Å². The molecule has 0 radical (unpaired) electrons. The summed E-state index contributed by atoms with van der Waals surface area (Å²) in [6, 6.07) is 7.99. The maximum Gasteiger partial charge on any atom is 0.490 e. The first-order valence-corrected chi connectivity index (χ1v) is 13.4. The van der Waals surface area contributed by atoms with Crippen molar-refractivity contribution in [3.05, 3.63) is 36.5 Å². The molecule has 0 aliphatic carbocycles. The third-order valence-corrected chi connectivity index (χ3v) is 7.78. The number of sulfone groups is 1. The van der Waals surface area contributed by atoms with Crippen molar-refractivity contribution in [2.75, 3.05) is 12.3 Å². The van der Waals surface area contributed by atoms with E-state index in [4.69, 9.17) is 20.8 Å². The monoisotopic (exact) mass is 576 g/mol. The lowest BCUT2D eigenvalue weighted by atomic mass is 9.98. The lowest BCUT2D eigenvalue weighted by Gasteiger charge is -2.16. The molecule has 0 amide bonds. The molecular formula is C19H19F3N8O6S2. The molecule has 2 aromatic heterocycles. The van der Waals surface area contributed by atoms with Gasteiger partial charge in [0.15, 0.2) is 9.84 Å². The topological polar surface area (TPSA) is 230 Å². The van der Waals surface area contributed by atoms with Crippen LogP contribution in [0.1, 0.15) is 0 Å². The molecule has 0 spiro atoms. The number of nitrogens with zero attached hydrogens (tertiary/aromatic N) is 5.